The van der Waals surface area contributed by atoms with Crippen LogP contribution in [0.5, 0.6) is 0 Å². The van der Waals surface area contributed by atoms with E-state index in [1.807, 2.05) is 11.3 Å². The van der Waals surface area contributed by atoms with E-state index >= 15 is 0 Å². The smallest absolute Gasteiger partial charge is 0.0959 e. The van der Waals surface area contributed by atoms with E-state index in [0.717, 1.165) is 12.5 Å². The van der Waals surface area contributed by atoms with Crippen LogP contribution in [0.25, 0.3) is 0 Å². The molecule has 0 aromatic carbocycles. The van der Waals surface area contributed by atoms with Gasteiger partial charge in [-0.2, -0.15) is 0 Å². The molecular weight excluding hydrogens is 264 g/mol. The van der Waals surface area contributed by atoms with Crippen LogP contribution >= 0.6 is 11.3 Å². The Morgan fingerprint density at radius 3 is 2.50 bits per heavy atom. The summed E-state index contributed by atoms with van der Waals surface area (Å²) in [7, 11) is 0. The van der Waals surface area contributed by atoms with Gasteiger partial charge in [0.15, 0.2) is 0 Å². The number of aromatic nitrogens is 1. The maximum Gasteiger partial charge on any atom is 0.0959 e. The van der Waals surface area contributed by atoms with Crippen LogP contribution in [0.2, 0.25) is 0 Å². The zero-order valence-corrected chi connectivity index (χ0v) is 14.5. The first kappa shape index (κ1) is 16.0. The van der Waals surface area contributed by atoms with Gasteiger partial charge in [0, 0.05) is 17.3 Å². The summed E-state index contributed by atoms with van der Waals surface area (Å²) in [6.07, 6.45) is 5.38. The van der Waals surface area contributed by atoms with Crippen LogP contribution in [0, 0.1) is 11.3 Å². The summed E-state index contributed by atoms with van der Waals surface area (Å²) in [6.45, 7) is 12.5. The summed E-state index contributed by atoms with van der Waals surface area (Å²) in [5.41, 5.74) is 1.70. The summed E-state index contributed by atoms with van der Waals surface area (Å²) < 4.78 is 0. The van der Waals surface area contributed by atoms with Crippen LogP contribution in [-0.2, 0) is 0 Å². The highest BCUT2D eigenvalue weighted by Gasteiger charge is 2.31. The molecule has 1 heterocycles. The summed E-state index contributed by atoms with van der Waals surface area (Å²) in [4.78, 5) is 4.90. The van der Waals surface area contributed by atoms with Crippen LogP contribution in [0.3, 0.4) is 0 Å². The van der Waals surface area contributed by atoms with Crippen molar-refractivity contribution in [2.75, 3.05) is 6.54 Å². The van der Waals surface area contributed by atoms with E-state index in [1.54, 1.807) is 0 Å². The molecule has 1 aromatic rings. The quantitative estimate of drug-likeness (QED) is 0.832. The highest BCUT2D eigenvalue weighted by atomic mass is 32.1. The summed E-state index contributed by atoms with van der Waals surface area (Å²) >= 11 is 1.87. The van der Waals surface area contributed by atoms with Crippen molar-refractivity contribution in [1.29, 1.82) is 0 Å². The minimum Gasteiger partial charge on any atom is -0.309 e. The molecule has 0 amide bonds. The van der Waals surface area contributed by atoms with Crippen molar-refractivity contribution in [1.82, 2.24) is 10.3 Å². The van der Waals surface area contributed by atoms with Gasteiger partial charge in [0.2, 0.25) is 0 Å². The Hall–Kier alpha value is -0.410. The Labute approximate surface area is 128 Å². The van der Waals surface area contributed by atoms with Gasteiger partial charge in [-0.25, -0.2) is 4.98 Å². The second kappa shape index (κ2) is 6.57. The van der Waals surface area contributed by atoms with Crippen molar-refractivity contribution in [3.63, 3.8) is 0 Å². The molecule has 1 saturated carbocycles. The van der Waals surface area contributed by atoms with E-state index in [4.69, 9.17) is 4.98 Å². The van der Waals surface area contributed by atoms with Crippen molar-refractivity contribution >= 4 is 11.3 Å². The highest BCUT2D eigenvalue weighted by molar-refractivity contribution is 7.09. The third-order valence-corrected chi connectivity index (χ3v) is 5.82. The third-order valence-electron chi connectivity index (χ3n) is 4.79. The number of nitrogens with zero attached hydrogens (tertiary/aromatic N) is 1. The van der Waals surface area contributed by atoms with Crippen molar-refractivity contribution in [2.24, 2.45) is 11.3 Å². The lowest BCUT2D eigenvalue weighted by molar-refractivity contribution is 0.169. The minimum absolute atomic E-state index is 0.385. The monoisotopic (exact) mass is 294 g/mol. The maximum atomic E-state index is 4.90. The first-order valence-corrected chi connectivity index (χ1v) is 8.98. The van der Waals surface area contributed by atoms with Gasteiger partial charge >= 0.3 is 0 Å². The van der Waals surface area contributed by atoms with Gasteiger partial charge in [0.1, 0.15) is 0 Å². The van der Waals surface area contributed by atoms with Crippen LogP contribution in [-0.4, -0.2) is 11.5 Å². The average Bonchev–Trinajstić information content (AvgIpc) is 2.88. The molecule has 0 saturated heterocycles. The first-order valence-electron chi connectivity index (χ1n) is 8.10. The molecule has 0 radical (unpaired) electrons. The number of thiazole rings is 1. The number of rotatable bonds is 4. The Morgan fingerprint density at radius 2 is 1.95 bits per heavy atom. The van der Waals surface area contributed by atoms with E-state index in [2.05, 4.69) is 45.3 Å². The zero-order chi connectivity index (χ0) is 14.8. The highest BCUT2D eigenvalue weighted by Crippen LogP contribution is 2.43. The molecule has 2 rings (SSSR count). The molecule has 1 aliphatic rings. The molecule has 2 nitrogen and oxygen atoms in total. The van der Waals surface area contributed by atoms with Gasteiger partial charge in [0.25, 0.3) is 0 Å². The van der Waals surface area contributed by atoms with Crippen molar-refractivity contribution in [2.45, 2.75) is 72.3 Å². The van der Waals surface area contributed by atoms with Crippen molar-refractivity contribution in [3.05, 3.63) is 16.1 Å². The van der Waals surface area contributed by atoms with Gasteiger partial charge in [-0.15, -0.1) is 11.3 Å². The minimum atomic E-state index is 0.385. The molecule has 1 atom stereocenters. The fraction of sp³-hybridized carbons (Fsp3) is 0.824. The van der Waals surface area contributed by atoms with E-state index < -0.39 is 0 Å². The molecule has 1 unspecified atom stereocenters. The Kier molecular flexibility index (Phi) is 5.25. The predicted molar refractivity (Wildman–Crippen MR) is 88.4 cm³/mol. The van der Waals surface area contributed by atoms with Crippen LogP contribution in [0.4, 0.5) is 0 Å². The lowest BCUT2D eigenvalue weighted by Gasteiger charge is -2.36. The van der Waals surface area contributed by atoms with E-state index in [-0.39, 0.29) is 0 Å². The molecule has 1 aliphatic carbocycles. The second-order valence-corrected chi connectivity index (χ2v) is 8.19. The third kappa shape index (κ3) is 3.82. The second-order valence-electron chi connectivity index (χ2n) is 7.30. The molecular formula is C17H30N2S. The number of hydrogen-bond donors (Lipinski definition) is 1. The van der Waals surface area contributed by atoms with E-state index in [0.29, 0.717) is 17.4 Å². The predicted octanol–water partition coefficient (Wildman–Crippen LogP) is 5.13. The number of nitrogens with one attached hydrogen (secondary N) is 1. The van der Waals surface area contributed by atoms with Gasteiger partial charge in [-0.1, -0.05) is 27.7 Å². The summed E-state index contributed by atoms with van der Waals surface area (Å²) in [5.74, 6) is 1.60. The van der Waals surface area contributed by atoms with Crippen LogP contribution in [0.15, 0.2) is 5.38 Å². The standard InChI is InChI=1S/C17H30N2S/c1-6-18-12(2)15-11-20-16(19-15)13-7-9-14(10-8-13)17(3,4)5/h11-14,18H,6-10H2,1-5H3. The first-order chi connectivity index (χ1) is 9.41. The van der Waals surface area contributed by atoms with Crippen molar-refractivity contribution in [3.8, 4) is 0 Å². The molecule has 1 aromatic heterocycles. The van der Waals surface area contributed by atoms with Crippen molar-refractivity contribution < 1.29 is 0 Å². The molecule has 0 spiro atoms. The summed E-state index contributed by atoms with van der Waals surface area (Å²) in [6, 6.07) is 0.385. The Bertz CT molecular complexity index is 411. The zero-order valence-electron chi connectivity index (χ0n) is 13.7. The topological polar surface area (TPSA) is 24.9 Å². The van der Waals surface area contributed by atoms with Crippen LogP contribution in [0.1, 0.15) is 83.0 Å². The fourth-order valence-corrected chi connectivity index (χ4v) is 4.39. The lowest BCUT2D eigenvalue weighted by atomic mass is 9.70. The van der Waals surface area contributed by atoms with E-state index in [9.17, 15) is 0 Å². The lowest BCUT2D eigenvalue weighted by Crippen LogP contribution is -2.25. The molecule has 1 N–H and O–H groups in total. The Morgan fingerprint density at radius 1 is 1.30 bits per heavy atom. The molecule has 0 bridgehead atoms. The Balaban J connectivity index is 1.94. The fourth-order valence-electron chi connectivity index (χ4n) is 3.30. The molecule has 0 aliphatic heterocycles. The molecule has 1 fully saturated rings. The summed E-state index contributed by atoms with van der Waals surface area (Å²) in [5, 5.41) is 7.07. The molecule has 114 valence electrons. The average molecular weight is 295 g/mol. The van der Waals surface area contributed by atoms with E-state index in [1.165, 1.54) is 36.4 Å². The van der Waals surface area contributed by atoms with Crippen LogP contribution < -0.4 is 5.32 Å². The number of hydrogen-bond acceptors (Lipinski definition) is 3. The van der Waals surface area contributed by atoms with Gasteiger partial charge in [0.05, 0.1) is 10.7 Å². The largest absolute Gasteiger partial charge is 0.309 e. The van der Waals surface area contributed by atoms with Gasteiger partial charge in [-0.05, 0) is 50.5 Å². The maximum absolute atomic E-state index is 4.90. The SMILES string of the molecule is CCNC(C)c1csc(C2CCC(C(C)(C)C)CC2)n1. The molecule has 20 heavy (non-hydrogen) atoms. The van der Waals surface area contributed by atoms with Gasteiger partial charge in [-0.3, -0.25) is 0 Å². The molecule has 3 heteroatoms. The normalized spacial score (nSPS) is 25.6. The van der Waals surface area contributed by atoms with Gasteiger partial charge < -0.3 is 5.32 Å².